The molecule has 0 spiro atoms. The highest BCUT2D eigenvalue weighted by atomic mass is 35.5. The average Bonchev–Trinajstić information content (AvgIpc) is 2.90. The maximum atomic E-state index is 11.9. The predicted octanol–water partition coefficient (Wildman–Crippen LogP) is 3.33. The molecule has 14 heteroatoms. The Labute approximate surface area is 221 Å². The van der Waals surface area contributed by atoms with Gasteiger partial charge in [-0.05, 0) is 35.9 Å². The van der Waals surface area contributed by atoms with Gasteiger partial charge in [-0.3, -0.25) is 9.35 Å². The quantitative estimate of drug-likeness (QED) is 0.134. The molecule has 198 valence electrons. The van der Waals surface area contributed by atoms with Gasteiger partial charge in [0, 0.05) is 31.4 Å². The molecule has 1 aromatic heterocycles. The topological polar surface area (TPSA) is 147 Å². The lowest BCUT2D eigenvalue weighted by molar-refractivity contribution is -0.109. The Morgan fingerprint density at radius 3 is 2.41 bits per heavy atom. The number of halogens is 1. The molecule has 2 aromatic carbocycles. The number of amides is 1. The number of carbonyl (C=O) groups excluding carboxylic acids is 1. The minimum Gasteiger partial charge on any atom is -0.497 e. The molecule has 12 nitrogen and oxygen atoms in total. The molecule has 1 amide bonds. The van der Waals surface area contributed by atoms with E-state index in [1.54, 1.807) is 50.6 Å². The lowest BCUT2D eigenvalue weighted by Crippen LogP contribution is -2.32. The molecule has 0 saturated carbocycles. The van der Waals surface area contributed by atoms with Crippen LogP contribution in [0.15, 0.2) is 42.6 Å². The van der Waals surface area contributed by atoms with Gasteiger partial charge >= 0.3 is 0 Å². The van der Waals surface area contributed by atoms with Gasteiger partial charge < -0.3 is 30.2 Å². The van der Waals surface area contributed by atoms with Crippen LogP contribution >= 0.6 is 11.6 Å². The fourth-order valence-electron chi connectivity index (χ4n) is 3.27. The van der Waals surface area contributed by atoms with E-state index in [1.807, 2.05) is 0 Å². The van der Waals surface area contributed by atoms with E-state index in [4.69, 9.17) is 25.8 Å². The predicted molar refractivity (Wildman–Crippen MR) is 141 cm³/mol. The second kappa shape index (κ2) is 13.6. The van der Waals surface area contributed by atoms with Crippen molar-refractivity contribution in [2.45, 2.75) is 6.54 Å². The molecule has 3 aromatic rings. The molecule has 0 aliphatic carbocycles. The van der Waals surface area contributed by atoms with Crippen LogP contribution in [0.1, 0.15) is 5.56 Å². The van der Waals surface area contributed by atoms with Crippen LogP contribution in [0.5, 0.6) is 17.2 Å². The fourth-order valence-corrected chi connectivity index (χ4v) is 3.90. The van der Waals surface area contributed by atoms with E-state index in [0.717, 1.165) is 0 Å². The number of carbonyl (C=O) groups is 1. The number of nitrogens with zero attached hydrogens (tertiary/aromatic N) is 3. The van der Waals surface area contributed by atoms with Gasteiger partial charge in [0.25, 0.3) is 0 Å². The van der Waals surface area contributed by atoms with Crippen LogP contribution in [0.25, 0.3) is 0 Å². The lowest BCUT2D eigenvalue weighted by Gasteiger charge is -2.20. The number of benzene rings is 2. The summed E-state index contributed by atoms with van der Waals surface area (Å²) in [5.74, 6) is 2.28. The largest absolute Gasteiger partial charge is 0.497 e. The molecule has 37 heavy (non-hydrogen) atoms. The number of nitrogens with one attached hydrogen (secondary N) is 3. The van der Waals surface area contributed by atoms with Gasteiger partial charge in [0.2, 0.25) is 23.6 Å². The van der Waals surface area contributed by atoms with E-state index in [2.05, 4.69) is 25.9 Å². The normalized spacial score (nSPS) is 11.5. The zero-order chi connectivity index (χ0) is 26.8. The molecule has 1 heterocycles. The van der Waals surface area contributed by atoms with Crippen molar-refractivity contribution >= 4 is 52.4 Å². The summed E-state index contributed by atoms with van der Waals surface area (Å²) >= 11 is 4.10. The van der Waals surface area contributed by atoms with Crippen molar-refractivity contribution in [2.75, 3.05) is 45.1 Å². The monoisotopic (exact) mass is 550 g/mol. The lowest BCUT2D eigenvalue weighted by atomic mass is 10.1. The number of hydrogen-bond donors (Lipinski definition) is 4. The van der Waals surface area contributed by atoms with E-state index in [1.165, 1.54) is 17.6 Å². The van der Waals surface area contributed by atoms with Crippen LogP contribution in [0.3, 0.4) is 0 Å². The van der Waals surface area contributed by atoms with Crippen LogP contribution < -0.4 is 30.2 Å². The highest BCUT2D eigenvalue weighted by Crippen LogP contribution is 2.33. The standard InChI is InChI=1S/C23H27ClN6O6S/c1-34-16-4-6-19(15(10-16)13-30(37(32)33)9-8-25-14-31)27-22-18(24)12-26-23(29-22)28-20-7-5-17(35-2)11-21(20)36-3/h4-7,10-12,14H,8-9,13H2,1-3H3,(H,25,31)(H,32,33)(H2,26,27,28,29). The summed E-state index contributed by atoms with van der Waals surface area (Å²) in [5, 5.41) is 9.00. The number of methoxy groups -OCH3 is 3. The number of hydrogen-bond acceptors (Lipinski definition) is 9. The molecule has 0 saturated heterocycles. The first-order valence-electron chi connectivity index (χ1n) is 10.9. The third kappa shape index (κ3) is 7.67. The van der Waals surface area contributed by atoms with E-state index in [9.17, 15) is 13.6 Å². The van der Waals surface area contributed by atoms with Gasteiger partial charge in [-0.25, -0.2) is 9.19 Å². The zero-order valence-corrected chi connectivity index (χ0v) is 21.9. The summed E-state index contributed by atoms with van der Waals surface area (Å²) in [7, 11) is 4.63. The molecule has 0 aliphatic heterocycles. The summed E-state index contributed by atoms with van der Waals surface area (Å²) in [6, 6.07) is 10.5. The second-order valence-electron chi connectivity index (χ2n) is 7.40. The van der Waals surface area contributed by atoms with Gasteiger partial charge in [0.05, 0.1) is 33.2 Å². The van der Waals surface area contributed by atoms with Gasteiger partial charge in [-0.2, -0.15) is 9.29 Å². The first-order valence-corrected chi connectivity index (χ1v) is 12.3. The number of rotatable bonds is 14. The molecule has 0 aliphatic rings. The van der Waals surface area contributed by atoms with E-state index in [-0.39, 0.29) is 30.6 Å². The van der Waals surface area contributed by atoms with Crippen LogP contribution in [-0.4, -0.2) is 63.9 Å². The molecule has 1 atom stereocenters. The Bertz CT molecular complexity index is 1250. The van der Waals surface area contributed by atoms with E-state index < -0.39 is 11.3 Å². The molecule has 0 bridgehead atoms. The van der Waals surface area contributed by atoms with Gasteiger partial charge in [0.1, 0.15) is 22.3 Å². The van der Waals surface area contributed by atoms with Crippen LogP contribution in [0.2, 0.25) is 5.02 Å². The molecule has 0 radical (unpaired) electrons. The number of aromatic nitrogens is 2. The van der Waals surface area contributed by atoms with Crippen molar-refractivity contribution < 1.29 is 27.8 Å². The second-order valence-corrected chi connectivity index (χ2v) is 8.78. The van der Waals surface area contributed by atoms with Gasteiger partial charge in [-0.15, -0.1) is 0 Å². The van der Waals surface area contributed by atoms with Crippen LogP contribution in [0.4, 0.5) is 23.1 Å². The van der Waals surface area contributed by atoms with E-state index in [0.29, 0.717) is 46.4 Å². The summed E-state index contributed by atoms with van der Waals surface area (Å²) in [6.07, 6.45) is 1.97. The Hall–Kier alpha value is -3.65. The zero-order valence-electron chi connectivity index (χ0n) is 20.4. The van der Waals surface area contributed by atoms with Gasteiger partial charge in [-0.1, -0.05) is 11.6 Å². The van der Waals surface area contributed by atoms with Crippen LogP contribution in [0, 0.1) is 0 Å². The highest BCUT2D eigenvalue weighted by molar-refractivity contribution is 7.76. The van der Waals surface area contributed by atoms with Gasteiger partial charge in [0.15, 0.2) is 5.82 Å². The van der Waals surface area contributed by atoms with E-state index >= 15 is 0 Å². The molecular weight excluding hydrogens is 524 g/mol. The third-order valence-corrected chi connectivity index (χ3v) is 6.15. The molecule has 0 fully saturated rings. The minimum absolute atomic E-state index is 0.0695. The maximum absolute atomic E-state index is 11.9. The summed E-state index contributed by atoms with van der Waals surface area (Å²) in [4.78, 5) is 19.3. The fraction of sp³-hybridized carbons (Fsp3) is 0.261. The Morgan fingerprint density at radius 2 is 1.76 bits per heavy atom. The molecule has 1 unspecified atom stereocenters. The highest BCUT2D eigenvalue weighted by Gasteiger charge is 2.17. The summed E-state index contributed by atoms with van der Waals surface area (Å²) in [5.41, 5.74) is 1.83. The summed E-state index contributed by atoms with van der Waals surface area (Å²) in [6.45, 7) is 0.411. The van der Waals surface area contributed by atoms with Crippen LogP contribution in [-0.2, 0) is 22.6 Å². The molecule has 4 N–H and O–H groups in total. The first-order chi connectivity index (χ1) is 17.9. The smallest absolute Gasteiger partial charge is 0.234 e. The SMILES string of the molecule is COc1ccc(Nc2nc(Nc3ccc(OC)cc3OC)ncc2Cl)c(CN(CCNC=O)S(=O)O)c1. The van der Waals surface area contributed by atoms with Crippen molar-refractivity contribution in [1.82, 2.24) is 19.6 Å². The first kappa shape index (κ1) is 27.9. The Morgan fingerprint density at radius 1 is 1.05 bits per heavy atom. The molecular formula is C23H27ClN6O6S. The summed E-state index contributed by atoms with van der Waals surface area (Å²) < 4.78 is 38.9. The average molecular weight is 551 g/mol. The van der Waals surface area contributed by atoms with Crippen molar-refractivity contribution in [3.05, 3.63) is 53.2 Å². The minimum atomic E-state index is -2.28. The maximum Gasteiger partial charge on any atom is 0.234 e. The number of anilines is 4. The number of ether oxygens (including phenoxy) is 3. The Balaban J connectivity index is 1.88. The Kier molecular flexibility index (Phi) is 10.3. The van der Waals surface area contributed by atoms with Crippen molar-refractivity contribution in [1.29, 1.82) is 0 Å². The third-order valence-electron chi connectivity index (χ3n) is 5.12. The molecule has 3 rings (SSSR count). The van der Waals surface area contributed by atoms with Crippen molar-refractivity contribution in [2.24, 2.45) is 0 Å². The van der Waals surface area contributed by atoms with Crippen molar-refractivity contribution in [3.8, 4) is 17.2 Å². The van der Waals surface area contributed by atoms with Crippen molar-refractivity contribution in [3.63, 3.8) is 0 Å².